The molecule has 0 aliphatic carbocycles. The Morgan fingerprint density at radius 2 is 0.667 bits per heavy atom. The second-order valence-electron chi connectivity index (χ2n) is 11.4. The quantitative estimate of drug-likeness (QED) is 0.179. The summed E-state index contributed by atoms with van der Waals surface area (Å²) in [6, 6.07) is 67.7. The zero-order valence-corrected chi connectivity index (χ0v) is 24.8. The van der Waals surface area contributed by atoms with Crippen LogP contribution in [-0.4, -0.2) is 0 Å². The van der Waals surface area contributed by atoms with Crippen LogP contribution in [0.3, 0.4) is 0 Å². The van der Waals surface area contributed by atoms with Gasteiger partial charge in [-0.15, -0.1) is 0 Å². The maximum Gasteiger partial charge on any atom is 0.0624 e. The highest BCUT2D eigenvalue weighted by atomic mass is 15.1. The zero-order valence-electron chi connectivity index (χ0n) is 24.8. The zero-order chi connectivity index (χ0) is 30.0. The second kappa shape index (κ2) is 11.6. The number of rotatable bonds is 6. The van der Waals surface area contributed by atoms with Crippen molar-refractivity contribution < 1.29 is 0 Å². The summed E-state index contributed by atoms with van der Waals surface area (Å²) in [4.78, 5) is 2.47. The maximum absolute atomic E-state index is 2.47. The summed E-state index contributed by atoms with van der Waals surface area (Å²) >= 11 is 0. The Balaban J connectivity index is 1.52. The molecule has 8 aromatic carbocycles. The molecule has 0 heterocycles. The fraction of sp³-hybridized carbons (Fsp3) is 0. The van der Waals surface area contributed by atoms with Crippen LogP contribution in [0.15, 0.2) is 188 Å². The summed E-state index contributed by atoms with van der Waals surface area (Å²) in [6.07, 6.45) is 0. The first-order chi connectivity index (χ1) is 22.3. The van der Waals surface area contributed by atoms with Crippen LogP contribution in [-0.2, 0) is 0 Å². The van der Waals surface area contributed by atoms with Crippen LogP contribution in [0.1, 0.15) is 0 Å². The van der Waals surface area contributed by atoms with E-state index in [0.717, 1.165) is 11.4 Å². The first kappa shape index (κ1) is 26.7. The van der Waals surface area contributed by atoms with Gasteiger partial charge in [0, 0.05) is 22.3 Å². The molecular weight excluding hydrogens is 542 g/mol. The van der Waals surface area contributed by atoms with Crippen LogP contribution >= 0.6 is 0 Å². The number of benzene rings is 8. The van der Waals surface area contributed by atoms with Crippen molar-refractivity contribution in [3.8, 4) is 33.4 Å². The van der Waals surface area contributed by atoms with Crippen molar-refractivity contribution in [2.24, 2.45) is 0 Å². The topological polar surface area (TPSA) is 3.24 Å². The summed E-state index contributed by atoms with van der Waals surface area (Å²) in [5, 5.41) is 4.95. The van der Waals surface area contributed by atoms with E-state index in [-0.39, 0.29) is 0 Å². The van der Waals surface area contributed by atoms with Gasteiger partial charge < -0.3 is 4.90 Å². The van der Waals surface area contributed by atoms with Gasteiger partial charge in [0.05, 0.1) is 5.69 Å². The molecule has 0 bridgehead atoms. The second-order valence-corrected chi connectivity index (χ2v) is 11.4. The van der Waals surface area contributed by atoms with Gasteiger partial charge in [0.25, 0.3) is 0 Å². The molecule has 0 amide bonds. The van der Waals surface area contributed by atoms with E-state index in [1.165, 1.54) is 60.6 Å². The summed E-state index contributed by atoms with van der Waals surface area (Å²) in [5.41, 5.74) is 10.5. The van der Waals surface area contributed by atoms with E-state index in [0.29, 0.717) is 0 Å². The van der Waals surface area contributed by atoms with Crippen LogP contribution in [0.4, 0.5) is 17.1 Å². The van der Waals surface area contributed by atoms with Crippen LogP contribution in [0.2, 0.25) is 0 Å². The Bertz CT molecular complexity index is 2180. The number of anilines is 3. The minimum Gasteiger partial charge on any atom is -0.309 e. The molecule has 0 atom stereocenters. The van der Waals surface area contributed by atoms with E-state index in [2.05, 4.69) is 193 Å². The number of hydrogen-bond acceptors (Lipinski definition) is 1. The fourth-order valence-corrected chi connectivity index (χ4v) is 6.57. The third-order valence-corrected chi connectivity index (χ3v) is 8.60. The van der Waals surface area contributed by atoms with Gasteiger partial charge in [-0.25, -0.2) is 0 Å². The molecule has 8 aromatic rings. The summed E-state index contributed by atoms with van der Waals surface area (Å²) in [5.74, 6) is 0. The lowest BCUT2D eigenvalue weighted by Gasteiger charge is -2.31. The third kappa shape index (κ3) is 4.95. The molecule has 0 aromatic heterocycles. The van der Waals surface area contributed by atoms with Crippen molar-refractivity contribution in [3.63, 3.8) is 0 Å². The molecule has 8 rings (SSSR count). The molecule has 0 spiro atoms. The lowest BCUT2D eigenvalue weighted by molar-refractivity contribution is 1.30. The summed E-state index contributed by atoms with van der Waals surface area (Å²) in [7, 11) is 0. The molecule has 0 unspecified atom stereocenters. The van der Waals surface area contributed by atoms with Gasteiger partial charge in [-0.3, -0.25) is 0 Å². The molecular formula is C44H31N. The average molecular weight is 574 g/mol. The Morgan fingerprint density at radius 1 is 0.267 bits per heavy atom. The molecule has 0 fully saturated rings. The van der Waals surface area contributed by atoms with Gasteiger partial charge in [0.1, 0.15) is 0 Å². The molecule has 45 heavy (non-hydrogen) atoms. The van der Waals surface area contributed by atoms with Crippen LogP contribution in [0.25, 0.3) is 54.9 Å². The highest BCUT2D eigenvalue weighted by Crippen LogP contribution is 2.50. The van der Waals surface area contributed by atoms with E-state index in [4.69, 9.17) is 0 Å². The summed E-state index contributed by atoms with van der Waals surface area (Å²) < 4.78 is 0. The van der Waals surface area contributed by atoms with Crippen molar-refractivity contribution in [1.29, 1.82) is 0 Å². The first-order valence-corrected chi connectivity index (χ1v) is 15.5. The Morgan fingerprint density at radius 3 is 1.20 bits per heavy atom. The highest BCUT2D eigenvalue weighted by molar-refractivity contribution is 6.22. The predicted octanol–water partition coefficient (Wildman–Crippen LogP) is 12.5. The number of para-hydroxylation sites is 1. The van der Waals surface area contributed by atoms with Crippen molar-refractivity contribution in [1.82, 2.24) is 0 Å². The molecule has 0 saturated heterocycles. The van der Waals surface area contributed by atoms with E-state index >= 15 is 0 Å². The number of fused-ring (bicyclic) bond motifs is 3. The van der Waals surface area contributed by atoms with Crippen LogP contribution in [0.5, 0.6) is 0 Å². The van der Waals surface area contributed by atoms with E-state index < -0.39 is 0 Å². The molecule has 0 aliphatic rings. The number of nitrogens with zero attached hydrogens (tertiary/aromatic N) is 1. The van der Waals surface area contributed by atoms with Crippen molar-refractivity contribution in [2.45, 2.75) is 0 Å². The molecule has 0 N–H and O–H groups in total. The predicted molar refractivity (Wildman–Crippen MR) is 192 cm³/mol. The Hall–Kier alpha value is -5.92. The Kier molecular flexibility index (Phi) is 6.90. The van der Waals surface area contributed by atoms with Gasteiger partial charge in [0.2, 0.25) is 0 Å². The van der Waals surface area contributed by atoms with E-state index in [1.54, 1.807) is 0 Å². The van der Waals surface area contributed by atoms with Crippen LogP contribution in [0, 0.1) is 0 Å². The molecule has 0 radical (unpaired) electrons. The van der Waals surface area contributed by atoms with Crippen molar-refractivity contribution in [2.75, 3.05) is 4.90 Å². The minimum absolute atomic E-state index is 1.11. The fourth-order valence-electron chi connectivity index (χ4n) is 6.57. The van der Waals surface area contributed by atoms with Crippen LogP contribution < -0.4 is 4.90 Å². The number of hydrogen-bond donors (Lipinski definition) is 0. The lowest BCUT2D eigenvalue weighted by Crippen LogP contribution is -2.12. The molecule has 1 nitrogen and oxygen atoms in total. The lowest BCUT2D eigenvalue weighted by atomic mass is 9.89. The molecule has 0 saturated carbocycles. The van der Waals surface area contributed by atoms with Gasteiger partial charge in [-0.2, -0.15) is 0 Å². The standard InChI is InChI=1S/C44H31N/c1-5-17-32(18-6-1)35-29-36(33-19-7-2-8-20-33)31-38(30-35)45(37-23-11-4-12-24-37)44-42-28-16-14-26-40(42)39-25-13-15-27-41(39)43(44)34-21-9-3-10-22-34/h1-31H. The van der Waals surface area contributed by atoms with Crippen molar-refractivity contribution in [3.05, 3.63) is 188 Å². The highest BCUT2D eigenvalue weighted by Gasteiger charge is 2.24. The van der Waals surface area contributed by atoms with E-state index in [9.17, 15) is 0 Å². The van der Waals surface area contributed by atoms with Gasteiger partial charge in [-0.05, 0) is 74.3 Å². The third-order valence-electron chi connectivity index (χ3n) is 8.60. The van der Waals surface area contributed by atoms with Crippen molar-refractivity contribution >= 4 is 38.6 Å². The van der Waals surface area contributed by atoms with E-state index in [1.807, 2.05) is 0 Å². The normalized spacial score (nSPS) is 11.1. The molecule has 0 aliphatic heterocycles. The minimum atomic E-state index is 1.11. The van der Waals surface area contributed by atoms with Gasteiger partial charge in [-0.1, -0.05) is 158 Å². The Labute approximate surface area is 264 Å². The largest absolute Gasteiger partial charge is 0.309 e. The average Bonchev–Trinajstić information content (AvgIpc) is 3.13. The summed E-state index contributed by atoms with van der Waals surface area (Å²) in [6.45, 7) is 0. The molecule has 212 valence electrons. The maximum atomic E-state index is 2.47. The smallest absolute Gasteiger partial charge is 0.0624 e. The van der Waals surface area contributed by atoms with Gasteiger partial charge >= 0.3 is 0 Å². The monoisotopic (exact) mass is 573 g/mol. The van der Waals surface area contributed by atoms with Gasteiger partial charge in [0.15, 0.2) is 0 Å². The molecule has 1 heteroatoms. The SMILES string of the molecule is c1ccc(-c2cc(-c3ccccc3)cc(N(c3ccccc3)c3c(-c4ccccc4)c4ccccc4c4ccccc34)c2)cc1. The first-order valence-electron chi connectivity index (χ1n) is 15.5.